The second kappa shape index (κ2) is 13.4. The fourth-order valence-corrected chi connectivity index (χ4v) is 9.68. The summed E-state index contributed by atoms with van der Waals surface area (Å²) < 4.78 is 4.81. The van der Waals surface area contributed by atoms with Crippen molar-refractivity contribution >= 4 is 66.8 Å². The van der Waals surface area contributed by atoms with E-state index in [1.54, 1.807) is 0 Å². The van der Waals surface area contributed by atoms with Gasteiger partial charge in [0.25, 0.3) is 0 Å². The van der Waals surface area contributed by atoms with Crippen LogP contribution >= 0.6 is 0 Å². The number of aromatic nitrogens is 2. The molecule has 2 aliphatic rings. The van der Waals surface area contributed by atoms with Crippen molar-refractivity contribution in [3.63, 3.8) is 0 Å². The largest absolute Gasteiger partial charge is 0.317 e. The van der Waals surface area contributed by atoms with Crippen LogP contribution in [-0.4, -0.2) is 9.13 Å². The topological polar surface area (TPSA) is 13.1 Å². The Morgan fingerprint density at radius 3 is 2.17 bits per heavy atom. The predicted molar refractivity (Wildman–Crippen MR) is 253 cm³/mol. The highest BCUT2D eigenvalue weighted by atomic mass is 15.1. The molecule has 9 aromatic rings. The summed E-state index contributed by atoms with van der Waals surface area (Å²) in [6.45, 7) is 11.3. The van der Waals surface area contributed by atoms with E-state index in [9.17, 15) is 0 Å². The highest BCUT2D eigenvalue weighted by molar-refractivity contribution is 6.14. The normalized spacial score (nSPS) is 15.6. The minimum atomic E-state index is -0.117. The maximum Gasteiger partial charge on any atom is 0.0555 e. The van der Waals surface area contributed by atoms with E-state index in [1.165, 1.54) is 71.4 Å². The van der Waals surface area contributed by atoms with Gasteiger partial charge in [0.2, 0.25) is 0 Å². The first-order valence-electron chi connectivity index (χ1n) is 20.5. The molecular weight excluding hydrogens is 715 g/mol. The molecule has 11 rings (SSSR count). The van der Waals surface area contributed by atoms with Gasteiger partial charge in [-0.3, -0.25) is 0 Å². The molecule has 0 spiro atoms. The van der Waals surface area contributed by atoms with E-state index in [2.05, 4.69) is 236 Å². The quantitative estimate of drug-likeness (QED) is 0.159. The molecule has 0 fully saturated rings. The molecule has 1 aliphatic carbocycles. The Kier molecular flexibility index (Phi) is 7.89. The molecule has 0 amide bonds. The first kappa shape index (κ1) is 34.9. The van der Waals surface area contributed by atoms with Crippen LogP contribution in [0.25, 0.3) is 83.3 Å². The number of nitrogens with zero attached hydrogens (tertiary/aromatic N) is 3. The number of fused-ring (bicyclic) bond motifs is 10. The molecule has 0 atom stereocenters. The third kappa shape index (κ3) is 5.35. The lowest BCUT2D eigenvalue weighted by molar-refractivity contribution is 0.661. The molecule has 1 aliphatic heterocycles. The smallest absolute Gasteiger partial charge is 0.0555 e. The maximum atomic E-state index is 4.51. The van der Waals surface area contributed by atoms with Gasteiger partial charge in [-0.15, -0.1) is 0 Å². The molecule has 282 valence electrons. The number of allylic oxidation sites excluding steroid dienone is 7. The average Bonchev–Trinajstić information content (AvgIpc) is 3.84. The SMILES string of the molecule is C=C1/C=C\C=C/N(c2ccccc2)c2ccc(-c3ccc4c(c3)c3cc5c(cc3n4-c3ccc4c6ccccc6n(/C=C\C=C/C)c4c3)-c3ccccc3C5(C)C)cc21. The zero-order chi connectivity index (χ0) is 39.8. The number of hydrogen-bond acceptors (Lipinski definition) is 1. The van der Waals surface area contributed by atoms with Gasteiger partial charge in [-0.25, -0.2) is 0 Å². The van der Waals surface area contributed by atoms with Crippen LogP contribution in [0.15, 0.2) is 195 Å². The van der Waals surface area contributed by atoms with Gasteiger partial charge in [-0.1, -0.05) is 124 Å². The first-order chi connectivity index (χ1) is 28.9. The van der Waals surface area contributed by atoms with Crippen molar-refractivity contribution in [2.24, 2.45) is 0 Å². The first-order valence-corrected chi connectivity index (χ1v) is 20.5. The summed E-state index contributed by atoms with van der Waals surface area (Å²) in [6, 6.07) is 53.9. The van der Waals surface area contributed by atoms with Crippen LogP contribution in [0.5, 0.6) is 0 Å². The summed E-state index contributed by atoms with van der Waals surface area (Å²) in [5, 5.41) is 4.99. The van der Waals surface area contributed by atoms with Crippen LogP contribution in [0.3, 0.4) is 0 Å². The van der Waals surface area contributed by atoms with Gasteiger partial charge in [0, 0.05) is 56.3 Å². The molecule has 3 heteroatoms. The Hall–Kier alpha value is -7.36. The van der Waals surface area contributed by atoms with Gasteiger partial charge in [0.1, 0.15) is 0 Å². The molecule has 3 heterocycles. The summed E-state index contributed by atoms with van der Waals surface area (Å²) in [5.41, 5.74) is 17.8. The molecule has 0 unspecified atom stereocenters. The zero-order valence-corrected chi connectivity index (χ0v) is 33.5. The van der Waals surface area contributed by atoms with E-state index >= 15 is 0 Å². The van der Waals surface area contributed by atoms with Gasteiger partial charge >= 0.3 is 0 Å². The highest BCUT2D eigenvalue weighted by Gasteiger charge is 2.36. The minimum Gasteiger partial charge on any atom is -0.317 e. The molecular formula is C56H43N3. The van der Waals surface area contributed by atoms with E-state index in [-0.39, 0.29) is 5.41 Å². The van der Waals surface area contributed by atoms with Crippen LogP contribution in [0.4, 0.5) is 11.4 Å². The summed E-state index contributed by atoms with van der Waals surface area (Å²) >= 11 is 0. The molecule has 0 saturated carbocycles. The van der Waals surface area contributed by atoms with Crippen LogP contribution < -0.4 is 4.90 Å². The summed E-state index contributed by atoms with van der Waals surface area (Å²) in [7, 11) is 0. The van der Waals surface area contributed by atoms with Gasteiger partial charge in [0.15, 0.2) is 0 Å². The summed E-state index contributed by atoms with van der Waals surface area (Å²) in [4.78, 5) is 2.25. The van der Waals surface area contributed by atoms with Crippen LogP contribution in [0, 0.1) is 0 Å². The molecule has 59 heavy (non-hydrogen) atoms. The van der Waals surface area contributed by atoms with Gasteiger partial charge < -0.3 is 14.0 Å². The average molecular weight is 758 g/mol. The lowest BCUT2D eigenvalue weighted by Gasteiger charge is -2.25. The number of hydrogen-bond donors (Lipinski definition) is 0. The Morgan fingerprint density at radius 1 is 0.525 bits per heavy atom. The second-order valence-electron chi connectivity index (χ2n) is 16.3. The fourth-order valence-electron chi connectivity index (χ4n) is 9.68. The molecule has 7 aromatic carbocycles. The Labute approximate surface area is 345 Å². The number of rotatable bonds is 5. The summed E-state index contributed by atoms with van der Waals surface area (Å²) in [6.07, 6.45) is 16.8. The molecule has 3 nitrogen and oxygen atoms in total. The zero-order valence-electron chi connectivity index (χ0n) is 33.5. The molecule has 2 aromatic heterocycles. The lowest BCUT2D eigenvalue weighted by Crippen LogP contribution is -2.14. The highest BCUT2D eigenvalue weighted by Crippen LogP contribution is 2.51. The van der Waals surface area contributed by atoms with Crippen molar-refractivity contribution in [1.82, 2.24) is 9.13 Å². The van der Waals surface area contributed by atoms with E-state index in [0.29, 0.717) is 0 Å². The Bertz CT molecular complexity index is 3320. The molecule has 0 bridgehead atoms. The number of benzene rings is 7. The predicted octanol–water partition coefficient (Wildman–Crippen LogP) is 15.1. The molecule has 0 radical (unpaired) electrons. The van der Waals surface area contributed by atoms with Crippen molar-refractivity contribution < 1.29 is 0 Å². The van der Waals surface area contributed by atoms with Crippen LogP contribution in [0.1, 0.15) is 37.5 Å². The summed E-state index contributed by atoms with van der Waals surface area (Å²) in [5.74, 6) is 0. The van der Waals surface area contributed by atoms with E-state index in [0.717, 1.165) is 33.8 Å². The van der Waals surface area contributed by atoms with Crippen molar-refractivity contribution in [3.8, 4) is 27.9 Å². The van der Waals surface area contributed by atoms with Gasteiger partial charge in [-0.2, -0.15) is 0 Å². The fraction of sp³-hybridized carbons (Fsp3) is 0.0714. The van der Waals surface area contributed by atoms with Crippen molar-refractivity contribution in [1.29, 1.82) is 0 Å². The van der Waals surface area contributed by atoms with E-state index < -0.39 is 0 Å². The second-order valence-corrected chi connectivity index (χ2v) is 16.3. The van der Waals surface area contributed by atoms with Crippen LogP contribution in [-0.2, 0) is 5.41 Å². The van der Waals surface area contributed by atoms with Gasteiger partial charge in [0.05, 0.1) is 27.8 Å². The van der Waals surface area contributed by atoms with Crippen LogP contribution in [0.2, 0.25) is 0 Å². The molecule has 0 N–H and O–H groups in total. The van der Waals surface area contributed by atoms with E-state index in [4.69, 9.17) is 0 Å². The third-order valence-corrected chi connectivity index (χ3v) is 12.6. The minimum absolute atomic E-state index is 0.117. The Balaban J connectivity index is 1.15. The van der Waals surface area contributed by atoms with Crippen molar-refractivity contribution in [3.05, 3.63) is 212 Å². The lowest BCUT2D eigenvalue weighted by atomic mass is 9.82. The van der Waals surface area contributed by atoms with Gasteiger partial charge in [-0.05, 0) is 125 Å². The van der Waals surface area contributed by atoms with Crippen molar-refractivity contribution in [2.75, 3.05) is 4.90 Å². The maximum absolute atomic E-state index is 4.51. The van der Waals surface area contributed by atoms with E-state index in [1.807, 2.05) is 0 Å². The number of anilines is 2. The third-order valence-electron chi connectivity index (χ3n) is 12.6. The van der Waals surface area contributed by atoms with Crippen molar-refractivity contribution in [2.45, 2.75) is 26.2 Å². The molecule has 0 saturated heterocycles. The monoisotopic (exact) mass is 757 g/mol. The Morgan fingerprint density at radius 2 is 1.29 bits per heavy atom. The number of para-hydroxylation sites is 2. The standard InChI is InChI=1S/C56H43N3/c1-5-6-15-31-58-51-23-13-11-21-43(51)44-27-26-41(34-54(44)58)59-53-29-25-39(33-47(53)48-35-50-46(36-55(48)59)42-20-10-12-22-49(42)56(50,3)4)38-24-28-52-45(32-38)37(2)17-14-16-30-57(52)40-18-8-7-9-19-40/h5-36H,2H2,1,3-4H3/b6-5-,17-14-,30-16-,31-15-.